The maximum atomic E-state index is 12.5. The number of aryl methyl sites for hydroxylation is 1. The molecule has 0 radical (unpaired) electrons. The molecule has 0 atom stereocenters. The van der Waals surface area contributed by atoms with Crippen molar-refractivity contribution < 1.29 is 12.9 Å². The molecule has 3 aromatic rings. The van der Waals surface area contributed by atoms with E-state index < -0.39 is 10.0 Å². The number of rotatable bonds is 5. The second kappa shape index (κ2) is 6.95. The molecule has 0 unspecified atom stereocenters. The number of halogens is 1. The zero-order chi connectivity index (χ0) is 18.0. The summed E-state index contributed by atoms with van der Waals surface area (Å²) in [4.78, 5) is 3.91. The Morgan fingerprint density at radius 2 is 1.92 bits per heavy atom. The second-order valence-electron chi connectivity index (χ2n) is 5.55. The molecule has 0 bridgehead atoms. The fourth-order valence-electron chi connectivity index (χ4n) is 2.43. The fourth-order valence-corrected chi connectivity index (χ4v) is 3.78. The Kier molecular flexibility index (Phi) is 4.89. The van der Waals surface area contributed by atoms with E-state index in [2.05, 4.69) is 14.9 Å². The Balaban J connectivity index is 1.81. The minimum Gasteiger partial charge on any atom is -0.356 e. The SMILES string of the molecule is Cc1cc(Cl)cnc1S(=O)(=O)NCc1noc(-c2ccccc2)c1C. The van der Waals surface area contributed by atoms with E-state index >= 15 is 0 Å². The van der Waals surface area contributed by atoms with Gasteiger partial charge in [0.1, 0.15) is 5.69 Å². The zero-order valence-electron chi connectivity index (χ0n) is 13.7. The molecule has 0 amide bonds. The molecule has 0 aliphatic rings. The van der Waals surface area contributed by atoms with Crippen molar-refractivity contribution in [3.63, 3.8) is 0 Å². The van der Waals surface area contributed by atoms with Crippen LogP contribution < -0.4 is 4.72 Å². The van der Waals surface area contributed by atoms with Crippen LogP contribution in [0.15, 0.2) is 52.1 Å². The average molecular weight is 378 g/mol. The Labute approximate surface area is 150 Å². The maximum absolute atomic E-state index is 12.5. The summed E-state index contributed by atoms with van der Waals surface area (Å²) in [6.45, 7) is 3.49. The quantitative estimate of drug-likeness (QED) is 0.735. The standard InChI is InChI=1S/C17H16ClN3O3S/c1-11-8-14(18)9-19-17(11)25(22,23)20-10-15-12(2)16(24-21-15)13-6-4-3-5-7-13/h3-9,20H,10H2,1-2H3. The van der Waals surface area contributed by atoms with Crippen LogP contribution in [-0.2, 0) is 16.6 Å². The first-order chi connectivity index (χ1) is 11.9. The van der Waals surface area contributed by atoms with Gasteiger partial charge < -0.3 is 4.52 Å². The van der Waals surface area contributed by atoms with Crippen molar-refractivity contribution in [3.05, 3.63) is 64.4 Å². The van der Waals surface area contributed by atoms with Gasteiger partial charge >= 0.3 is 0 Å². The highest BCUT2D eigenvalue weighted by atomic mass is 35.5. The van der Waals surface area contributed by atoms with Crippen molar-refractivity contribution in [2.24, 2.45) is 0 Å². The van der Waals surface area contributed by atoms with Crippen LogP contribution in [0.2, 0.25) is 5.02 Å². The van der Waals surface area contributed by atoms with Gasteiger partial charge in [0.15, 0.2) is 10.8 Å². The summed E-state index contributed by atoms with van der Waals surface area (Å²) in [7, 11) is -3.78. The normalized spacial score (nSPS) is 11.6. The molecule has 2 aromatic heterocycles. The third-order valence-electron chi connectivity index (χ3n) is 3.74. The van der Waals surface area contributed by atoms with E-state index in [1.807, 2.05) is 37.3 Å². The van der Waals surface area contributed by atoms with Crippen molar-refractivity contribution in [2.75, 3.05) is 0 Å². The monoisotopic (exact) mass is 377 g/mol. The van der Waals surface area contributed by atoms with Crippen molar-refractivity contribution in [2.45, 2.75) is 25.4 Å². The van der Waals surface area contributed by atoms with E-state index in [0.29, 0.717) is 22.0 Å². The molecule has 2 heterocycles. The maximum Gasteiger partial charge on any atom is 0.258 e. The van der Waals surface area contributed by atoms with Crippen molar-refractivity contribution in [1.82, 2.24) is 14.9 Å². The summed E-state index contributed by atoms with van der Waals surface area (Å²) in [5.74, 6) is 0.621. The summed E-state index contributed by atoms with van der Waals surface area (Å²) in [6.07, 6.45) is 1.30. The Morgan fingerprint density at radius 1 is 1.20 bits per heavy atom. The van der Waals surface area contributed by atoms with E-state index in [1.54, 1.807) is 13.0 Å². The number of nitrogens with zero attached hydrogens (tertiary/aromatic N) is 2. The van der Waals surface area contributed by atoms with Crippen LogP contribution in [0.5, 0.6) is 0 Å². The number of hydrogen-bond donors (Lipinski definition) is 1. The van der Waals surface area contributed by atoms with Crippen molar-refractivity contribution in [3.8, 4) is 11.3 Å². The highest BCUT2D eigenvalue weighted by Gasteiger charge is 2.21. The van der Waals surface area contributed by atoms with Gasteiger partial charge in [-0.2, -0.15) is 0 Å². The molecular weight excluding hydrogens is 362 g/mol. The van der Waals surface area contributed by atoms with Gasteiger partial charge in [0.25, 0.3) is 10.0 Å². The lowest BCUT2D eigenvalue weighted by Crippen LogP contribution is -2.25. The topological polar surface area (TPSA) is 85.1 Å². The number of nitrogens with one attached hydrogen (secondary N) is 1. The summed E-state index contributed by atoms with van der Waals surface area (Å²) >= 11 is 5.82. The highest BCUT2D eigenvalue weighted by Crippen LogP contribution is 2.25. The smallest absolute Gasteiger partial charge is 0.258 e. The van der Waals surface area contributed by atoms with Crippen LogP contribution in [0.1, 0.15) is 16.8 Å². The first-order valence-electron chi connectivity index (χ1n) is 7.51. The van der Waals surface area contributed by atoms with Gasteiger partial charge in [0.05, 0.1) is 11.6 Å². The number of pyridine rings is 1. The predicted molar refractivity (Wildman–Crippen MR) is 94.7 cm³/mol. The number of hydrogen-bond acceptors (Lipinski definition) is 5. The zero-order valence-corrected chi connectivity index (χ0v) is 15.2. The third-order valence-corrected chi connectivity index (χ3v) is 5.41. The van der Waals surface area contributed by atoms with E-state index in [4.69, 9.17) is 16.1 Å². The van der Waals surface area contributed by atoms with Crippen molar-refractivity contribution in [1.29, 1.82) is 0 Å². The Hall–Kier alpha value is -2.22. The van der Waals surface area contributed by atoms with Gasteiger partial charge in [-0.25, -0.2) is 18.1 Å². The molecule has 0 aliphatic carbocycles. The molecule has 0 saturated carbocycles. The second-order valence-corrected chi connectivity index (χ2v) is 7.67. The minimum absolute atomic E-state index is 0.00818. The molecule has 6 nitrogen and oxygen atoms in total. The van der Waals surface area contributed by atoms with Crippen LogP contribution in [0.25, 0.3) is 11.3 Å². The molecule has 0 saturated heterocycles. The molecule has 130 valence electrons. The predicted octanol–water partition coefficient (Wildman–Crippen LogP) is 3.49. The van der Waals surface area contributed by atoms with Gasteiger partial charge in [0, 0.05) is 17.3 Å². The van der Waals surface area contributed by atoms with E-state index in [1.165, 1.54) is 6.20 Å². The molecule has 0 spiro atoms. The van der Waals surface area contributed by atoms with Crippen LogP contribution >= 0.6 is 11.6 Å². The highest BCUT2D eigenvalue weighted by molar-refractivity contribution is 7.89. The number of benzene rings is 1. The average Bonchev–Trinajstić information content (AvgIpc) is 2.94. The minimum atomic E-state index is -3.78. The molecule has 0 aliphatic heterocycles. The van der Waals surface area contributed by atoms with E-state index in [9.17, 15) is 8.42 Å². The van der Waals surface area contributed by atoms with Crippen LogP contribution in [0.4, 0.5) is 0 Å². The summed E-state index contributed by atoms with van der Waals surface area (Å²) in [5.41, 5.74) is 2.67. The Morgan fingerprint density at radius 3 is 2.60 bits per heavy atom. The molecule has 0 fully saturated rings. The van der Waals surface area contributed by atoms with E-state index in [0.717, 1.165) is 11.1 Å². The van der Waals surface area contributed by atoms with Crippen LogP contribution in [0, 0.1) is 13.8 Å². The van der Waals surface area contributed by atoms with Gasteiger partial charge in [0.2, 0.25) is 0 Å². The first kappa shape index (κ1) is 17.6. The molecule has 1 aromatic carbocycles. The number of aromatic nitrogens is 2. The molecular formula is C17H16ClN3O3S. The van der Waals surface area contributed by atoms with Gasteiger partial charge in [-0.3, -0.25) is 0 Å². The van der Waals surface area contributed by atoms with Crippen molar-refractivity contribution >= 4 is 21.6 Å². The number of sulfonamides is 1. The van der Waals surface area contributed by atoms with Gasteiger partial charge in [-0.05, 0) is 25.5 Å². The van der Waals surface area contributed by atoms with Crippen LogP contribution in [0.3, 0.4) is 0 Å². The van der Waals surface area contributed by atoms with Crippen LogP contribution in [-0.4, -0.2) is 18.6 Å². The molecule has 25 heavy (non-hydrogen) atoms. The van der Waals surface area contributed by atoms with E-state index in [-0.39, 0.29) is 11.6 Å². The fraction of sp³-hybridized carbons (Fsp3) is 0.176. The molecule has 1 N–H and O–H groups in total. The lowest BCUT2D eigenvalue weighted by molar-refractivity contribution is 0.422. The summed E-state index contributed by atoms with van der Waals surface area (Å²) in [5, 5.41) is 4.31. The molecule has 8 heteroatoms. The van der Waals surface area contributed by atoms with Gasteiger partial charge in [-0.15, -0.1) is 0 Å². The summed E-state index contributed by atoms with van der Waals surface area (Å²) in [6, 6.07) is 11.1. The summed E-state index contributed by atoms with van der Waals surface area (Å²) < 4.78 is 32.8. The third kappa shape index (κ3) is 3.73. The van der Waals surface area contributed by atoms with Gasteiger partial charge in [-0.1, -0.05) is 47.1 Å². The lowest BCUT2D eigenvalue weighted by Gasteiger charge is -2.07. The molecule has 3 rings (SSSR count). The first-order valence-corrected chi connectivity index (χ1v) is 9.37. The Bertz CT molecular complexity index is 1000. The largest absolute Gasteiger partial charge is 0.356 e. The lowest BCUT2D eigenvalue weighted by atomic mass is 10.1.